The predicted octanol–water partition coefficient (Wildman–Crippen LogP) is 6.54. The van der Waals surface area contributed by atoms with Gasteiger partial charge in [0.15, 0.2) is 0 Å². The topological polar surface area (TPSA) is 51.2 Å². The molecule has 3 aromatic carbocycles. The lowest BCUT2D eigenvalue weighted by molar-refractivity contribution is -0.137. The van der Waals surface area contributed by atoms with Gasteiger partial charge in [-0.25, -0.2) is 0 Å². The third-order valence-electron chi connectivity index (χ3n) is 4.99. The maximum Gasteiger partial charge on any atom is 0.416 e. The van der Waals surface area contributed by atoms with Gasteiger partial charge < -0.3 is 10.1 Å². The second kappa shape index (κ2) is 8.70. The molecule has 0 aliphatic rings. The van der Waals surface area contributed by atoms with E-state index in [1.807, 2.05) is 31.2 Å². The molecule has 1 N–H and O–H groups in total. The SMILES string of the molecule is C[C@@H](NC(=O)c1ccc2c(Oc3ccc(C(F)(F)F)cc3)cccc2c1)c1ccccn1. The fourth-order valence-corrected chi connectivity index (χ4v) is 3.31. The molecule has 1 amide bonds. The van der Waals surface area contributed by atoms with Gasteiger partial charge in [-0.05, 0) is 73.0 Å². The summed E-state index contributed by atoms with van der Waals surface area (Å²) in [6.07, 6.45) is -2.73. The second-order valence-corrected chi connectivity index (χ2v) is 7.27. The van der Waals surface area contributed by atoms with Gasteiger partial charge in [-0.2, -0.15) is 13.2 Å². The highest BCUT2D eigenvalue weighted by molar-refractivity contribution is 6.00. The van der Waals surface area contributed by atoms with E-state index in [4.69, 9.17) is 4.74 Å². The molecule has 0 aliphatic heterocycles. The van der Waals surface area contributed by atoms with E-state index in [1.165, 1.54) is 12.1 Å². The van der Waals surface area contributed by atoms with Gasteiger partial charge in [-0.1, -0.05) is 18.2 Å². The van der Waals surface area contributed by atoms with E-state index in [0.29, 0.717) is 11.3 Å². The van der Waals surface area contributed by atoms with Crippen molar-refractivity contribution in [2.24, 2.45) is 0 Å². The zero-order valence-corrected chi connectivity index (χ0v) is 17.1. The minimum atomic E-state index is -4.40. The minimum absolute atomic E-state index is 0.237. The van der Waals surface area contributed by atoms with Crippen LogP contribution in [0.1, 0.15) is 34.6 Å². The zero-order chi connectivity index (χ0) is 22.7. The summed E-state index contributed by atoms with van der Waals surface area (Å²) in [5.41, 5.74) is 0.499. The Kier molecular flexibility index (Phi) is 5.81. The average Bonchev–Trinajstić information content (AvgIpc) is 2.79. The molecule has 1 heterocycles. The lowest BCUT2D eigenvalue weighted by atomic mass is 10.1. The lowest BCUT2D eigenvalue weighted by Crippen LogP contribution is -2.27. The Morgan fingerprint density at radius 3 is 2.44 bits per heavy atom. The van der Waals surface area contributed by atoms with Crippen molar-refractivity contribution in [3.05, 3.63) is 102 Å². The van der Waals surface area contributed by atoms with Crippen molar-refractivity contribution in [2.75, 3.05) is 0 Å². The van der Waals surface area contributed by atoms with Gasteiger partial charge in [-0.15, -0.1) is 0 Å². The maximum absolute atomic E-state index is 12.8. The van der Waals surface area contributed by atoms with Crippen molar-refractivity contribution in [1.82, 2.24) is 10.3 Å². The molecule has 4 aromatic rings. The summed E-state index contributed by atoms with van der Waals surface area (Å²) in [6.45, 7) is 1.86. The highest BCUT2D eigenvalue weighted by Gasteiger charge is 2.30. The zero-order valence-electron chi connectivity index (χ0n) is 17.1. The molecule has 1 aromatic heterocycles. The van der Waals surface area contributed by atoms with Crippen LogP contribution in [0.2, 0.25) is 0 Å². The number of nitrogens with one attached hydrogen (secondary N) is 1. The van der Waals surface area contributed by atoms with Gasteiger partial charge in [0.25, 0.3) is 5.91 Å². The molecule has 0 saturated heterocycles. The molecule has 0 bridgehead atoms. The molecule has 32 heavy (non-hydrogen) atoms. The molecule has 0 saturated carbocycles. The highest BCUT2D eigenvalue weighted by Crippen LogP contribution is 2.33. The number of aromatic nitrogens is 1. The third kappa shape index (κ3) is 4.72. The Morgan fingerprint density at radius 2 is 1.75 bits per heavy atom. The smallest absolute Gasteiger partial charge is 0.416 e. The van der Waals surface area contributed by atoms with Gasteiger partial charge in [-0.3, -0.25) is 9.78 Å². The van der Waals surface area contributed by atoms with Crippen LogP contribution in [0.25, 0.3) is 10.8 Å². The van der Waals surface area contributed by atoms with Crippen LogP contribution in [0.3, 0.4) is 0 Å². The molecule has 0 spiro atoms. The number of amides is 1. The first kappa shape index (κ1) is 21.4. The molecule has 0 unspecified atom stereocenters. The minimum Gasteiger partial charge on any atom is -0.457 e. The van der Waals surface area contributed by atoms with E-state index >= 15 is 0 Å². The normalized spacial score (nSPS) is 12.4. The summed E-state index contributed by atoms with van der Waals surface area (Å²) >= 11 is 0. The summed E-state index contributed by atoms with van der Waals surface area (Å²) < 4.78 is 44.1. The Balaban J connectivity index is 1.54. The fraction of sp³-hybridized carbons (Fsp3) is 0.120. The van der Waals surface area contributed by atoms with Gasteiger partial charge in [0, 0.05) is 17.1 Å². The summed E-state index contributed by atoms with van der Waals surface area (Å²) in [7, 11) is 0. The summed E-state index contributed by atoms with van der Waals surface area (Å²) in [5, 5.41) is 4.43. The molecule has 4 rings (SSSR count). The molecule has 0 fully saturated rings. The summed E-state index contributed by atoms with van der Waals surface area (Å²) in [4.78, 5) is 17.0. The third-order valence-corrected chi connectivity index (χ3v) is 4.99. The van der Waals surface area contributed by atoms with Crippen molar-refractivity contribution in [2.45, 2.75) is 19.1 Å². The molecular weight excluding hydrogens is 417 g/mol. The first-order chi connectivity index (χ1) is 15.3. The number of carbonyl (C=O) groups is 1. The van der Waals surface area contributed by atoms with E-state index < -0.39 is 11.7 Å². The van der Waals surface area contributed by atoms with Crippen molar-refractivity contribution >= 4 is 16.7 Å². The predicted molar refractivity (Wildman–Crippen MR) is 116 cm³/mol. The quantitative estimate of drug-likeness (QED) is 0.387. The van der Waals surface area contributed by atoms with Crippen molar-refractivity contribution in [3.8, 4) is 11.5 Å². The van der Waals surface area contributed by atoms with Crippen LogP contribution in [0.15, 0.2) is 85.1 Å². The van der Waals surface area contributed by atoms with Gasteiger partial charge in [0.2, 0.25) is 0 Å². The van der Waals surface area contributed by atoms with Gasteiger partial charge in [0.1, 0.15) is 11.5 Å². The van der Waals surface area contributed by atoms with Crippen molar-refractivity contribution in [1.29, 1.82) is 0 Å². The molecular formula is C25H19F3N2O2. The van der Waals surface area contributed by atoms with Crippen molar-refractivity contribution < 1.29 is 22.7 Å². The second-order valence-electron chi connectivity index (χ2n) is 7.27. The Bertz CT molecular complexity index is 1240. The number of nitrogens with zero attached hydrogens (tertiary/aromatic N) is 1. The van der Waals surface area contributed by atoms with Crippen LogP contribution in [0.4, 0.5) is 13.2 Å². The number of hydrogen-bond donors (Lipinski definition) is 1. The number of rotatable bonds is 5. The fourth-order valence-electron chi connectivity index (χ4n) is 3.31. The number of hydrogen-bond acceptors (Lipinski definition) is 3. The van der Waals surface area contributed by atoms with Crippen LogP contribution >= 0.6 is 0 Å². The number of pyridine rings is 1. The van der Waals surface area contributed by atoms with Crippen LogP contribution in [0, 0.1) is 0 Å². The van der Waals surface area contributed by atoms with Crippen LogP contribution in [0.5, 0.6) is 11.5 Å². The number of carbonyl (C=O) groups excluding carboxylic acids is 1. The van der Waals surface area contributed by atoms with Crippen LogP contribution in [-0.2, 0) is 6.18 Å². The van der Waals surface area contributed by atoms with E-state index in [2.05, 4.69) is 10.3 Å². The van der Waals surface area contributed by atoms with E-state index in [1.54, 1.807) is 36.5 Å². The Labute approximate surface area is 182 Å². The largest absolute Gasteiger partial charge is 0.457 e. The molecule has 1 atom stereocenters. The molecule has 4 nitrogen and oxygen atoms in total. The number of alkyl halides is 3. The lowest BCUT2D eigenvalue weighted by Gasteiger charge is -2.14. The number of ether oxygens (including phenoxy) is 1. The highest BCUT2D eigenvalue weighted by atomic mass is 19.4. The Hall–Kier alpha value is -3.87. The molecule has 0 radical (unpaired) electrons. The number of fused-ring (bicyclic) bond motifs is 1. The first-order valence-corrected chi connectivity index (χ1v) is 9.91. The van der Waals surface area contributed by atoms with E-state index in [0.717, 1.165) is 28.6 Å². The van der Waals surface area contributed by atoms with E-state index in [-0.39, 0.29) is 17.7 Å². The summed E-state index contributed by atoms with van der Waals surface area (Å²) in [6, 6.07) is 20.3. The maximum atomic E-state index is 12.8. The van der Waals surface area contributed by atoms with Crippen LogP contribution in [-0.4, -0.2) is 10.9 Å². The number of halogens is 3. The molecule has 0 aliphatic carbocycles. The van der Waals surface area contributed by atoms with Gasteiger partial charge in [0.05, 0.1) is 17.3 Å². The molecule has 162 valence electrons. The van der Waals surface area contributed by atoms with E-state index in [9.17, 15) is 18.0 Å². The standard InChI is InChI=1S/C25H19F3N2O2/c1-16(22-6-2-3-14-29-22)30-24(31)18-8-13-21-17(15-18)5-4-7-23(21)32-20-11-9-19(10-12-20)25(26,27)28/h2-16H,1H3,(H,30,31)/t16-/m1/s1. The summed E-state index contributed by atoms with van der Waals surface area (Å²) in [5.74, 6) is 0.534. The van der Waals surface area contributed by atoms with Gasteiger partial charge >= 0.3 is 6.18 Å². The Morgan fingerprint density at radius 1 is 0.969 bits per heavy atom. The van der Waals surface area contributed by atoms with Crippen LogP contribution < -0.4 is 10.1 Å². The average molecular weight is 436 g/mol. The monoisotopic (exact) mass is 436 g/mol. The first-order valence-electron chi connectivity index (χ1n) is 9.91. The van der Waals surface area contributed by atoms with Crippen molar-refractivity contribution in [3.63, 3.8) is 0 Å². The molecule has 7 heteroatoms. The number of benzene rings is 3.